The zero-order chi connectivity index (χ0) is 13.1. The highest BCUT2D eigenvalue weighted by molar-refractivity contribution is 5.88. The van der Waals surface area contributed by atoms with Crippen molar-refractivity contribution in [3.05, 3.63) is 12.3 Å². The van der Waals surface area contributed by atoms with Gasteiger partial charge in [-0.25, -0.2) is 4.79 Å². The number of carbonyl (C=O) groups excluding carboxylic acids is 1. The van der Waals surface area contributed by atoms with E-state index >= 15 is 0 Å². The number of aliphatic carboxylic acids is 1. The first-order valence-corrected chi connectivity index (χ1v) is 5.84. The van der Waals surface area contributed by atoms with Crippen LogP contribution in [0.4, 0.5) is 10.6 Å². The first kappa shape index (κ1) is 12.4. The summed E-state index contributed by atoms with van der Waals surface area (Å²) < 4.78 is 1.59. The largest absolute Gasteiger partial charge is 0.481 e. The number of hydrogen-bond donors (Lipinski definition) is 2. The van der Waals surface area contributed by atoms with Gasteiger partial charge in [-0.2, -0.15) is 5.10 Å². The first-order chi connectivity index (χ1) is 8.56. The van der Waals surface area contributed by atoms with Crippen LogP contribution in [0.2, 0.25) is 0 Å². The predicted octanol–water partition coefficient (Wildman–Crippen LogP) is 0.749. The molecule has 7 nitrogen and oxygen atoms in total. The molecule has 1 aromatic rings. The van der Waals surface area contributed by atoms with E-state index in [4.69, 9.17) is 5.11 Å². The van der Waals surface area contributed by atoms with Gasteiger partial charge in [0.15, 0.2) is 5.82 Å². The number of amides is 2. The van der Waals surface area contributed by atoms with Crippen molar-refractivity contribution in [3.8, 4) is 0 Å². The molecule has 1 atom stereocenters. The van der Waals surface area contributed by atoms with Crippen LogP contribution < -0.4 is 5.32 Å². The molecule has 1 saturated heterocycles. The van der Waals surface area contributed by atoms with Crippen molar-refractivity contribution in [1.29, 1.82) is 0 Å². The van der Waals surface area contributed by atoms with Gasteiger partial charge in [0.25, 0.3) is 0 Å². The number of carboxylic acid groups (broad SMARTS) is 1. The van der Waals surface area contributed by atoms with Crippen LogP contribution in [0, 0.1) is 5.92 Å². The average molecular weight is 252 g/mol. The van der Waals surface area contributed by atoms with Crippen molar-refractivity contribution in [2.45, 2.75) is 12.8 Å². The van der Waals surface area contributed by atoms with Crippen LogP contribution in [0.25, 0.3) is 0 Å². The van der Waals surface area contributed by atoms with Crippen LogP contribution in [0.15, 0.2) is 12.3 Å². The number of anilines is 1. The molecule has 2 heterocycles. The van der Waals surface area contributed by atoms with Gasteiger partial charge in [-0.15, -0.1) is 0 Å². The summed E-state index contributed by atoms with van der Waals surface area (Å²) in [6.07, 6.45) is 3.07. The highest BCUT2D eigenvalue weighted by Gasteiger charge is 2.28. The summed E-state index contributed by atoms with van der Waals surface area (Å²) in [5.74, 6) is -0.835. The molecule has 2 amide bonds. The van der Waals surface area contributed by atoms with E-state index in [1.54, 1.807) is 24.0 Å². The molecule has 7 heteroatoms. The molecule has 0 bridgehead atoms. The Morgan fingerprint density at radius 3 is 2.94 bits per heavy atom. The SMILES string of the molecule is Cn1ccc(NC(=O)N2CCC[C@@H](C(=O)O)C2)n1. The Morgan fingerprint density at radius 1 is 1.56 bits per heavy atom. The highest BCUT2D eigenvalue weighted by Crippen LogP contribution is 2.17. The van der Waals surface area contributed by atoms with Crippen molar-refractivity contribution >= 4 is 17.8 Å². The second-order valence-electron chi connectivity index (χ2n) is 4.43. The molecule has 98 valence electrons. The van der Waals surface area contributed by atoms with Gasteiger partial charge < -0.3 is 10.0 Å². The minimum atomic E-state index is -0.842. The van der Waals surface area contributed by atoms with Gasteiger partial charge in [-0.3, -0.25) is 14.8 Å². The van der Waals surface area contributed by atoms with Crippen LogP contribution in [0.1, 0.15) is 12.8 Å². The molecule has 0 radical (unpaired) electrons. The molecule has 0 aliphatic carbocycles. The van der Waals surface area contributed by atoms with Gasteiger partial charge in [0.1, 0.15) is 0 Å². The maximum Gasteiger partial charge on any atom is 0.323 e. The summed E-state index contributed by atoms with van der Waals surface area (Å²) in [7, 11) is 1.76. The van der Waals surface area contributed by atoms with Crippen molar-refractivity contribution in [2.75, 3.05) is 18.4 Å². The molecule has 2 N–H and O–H groups in total. The molecule has 1 fully saturated rings. The summed E-state index contributed by atoms with van der Waals surface area (Å²) in [4.78, 5) is 24.4. The number of carbonyl (C=O) groups is 2. The molecular weight excluding hydrogens is 236 g/mol. The van der Waals surface area contributed by atoms with E-state index < -0.39 is 11.9 Å². The lowest BCUT2D eigenvalue weighted by Gasteiger charge is -2.30. The quantitative estimate of drug-likeness (QED) is 0.813. The normalized spacial score (nSPS) is 19.6. The Morgan fingerprint density at radius 2 is 2.33 bits per heavy atom. The third-order valence-electron chi connectivity index (χ3n) is 3.01. The van der Waals surface area contributed by atoms with Crippen LogP contribution in [-0.2, 0) is 11.8 Å². The number of urea groups is 1. The molecule has 0 saturated carbocycles. The summed E-state index contributed by atoms with van der Waals surface area (Å²) in [5.41, 5.74) is 0. The lowest BCUT2D eigenvalue weighted by molar-refractivity contribution is -0.143. The second-order valence-corrected chi connectivity index (χ2v) is 4.43. The van der Waals surface area contributed by atoms with Gasteiger partial charge in [0, 0.05) is 32.4 Å². The number of nitrogens with zero attached hydrogens (tertiary/aromatic N) is 3. The van der Waals surface area contributed by atoms with Crippen molar-refractivity contribution in [1.82, 2.24) is 14.7 Å². The number of aromatic nitrogens is 2. The number of piperidine rings is 1. The number of likely N-dealkylation sites (tertiary alicyclic amines) is 1. The molecule has 1 aliphatic heterocycles. The highest BCUT2D eigenvalue weighted by atomic mass is 16.4. The maximum absolute atomic E-state index is 11.9. The fourth-order valence-electron chi connectivity index (χ4n) is 2.03. The Bertz CT molecular complexity index is 457. The van der Waals surface area contributed by atoms with E-state index in [9.17, 15) is 9.59 Å². The van der Waals surface area contributed by atoms with Gasteiger partial charge >= 0.3 is 12.0 Å². The summed E-state index contributed by atoms with van der Waals surface area (Å²) >= 11 is 0. The van der Waals surface area contributed by atoms with Crippen LogP contribution in [-0.4, -0.2) is 44.9 Å². The monoisotopic (exact) mass is 252 g/mol. The predicted molar refractivity (Wildman–Crippen MR) is 64.2 cm³/mol. The van der Waals surface area contributed by atoms with Gasteiger partial charge in [0.05, 0.1) is 5.92 Å². The minimum Gasteiger partial charge on any atom is -0.481 e. The zero-order valence-electron chi connectivity index (χ0n) is 10.2. The maximum atomic E-state index is 11.9. The molecule has 2 rings (SSSR count). The van der Waals surface area contributed by atoms with Crippen LogP contribution >= 0.6 is 0 Å². The van der Waals surface area contributed by atoms with E-state index in [0.717, 1.165) is 0 Å². The van der Waals surface area contributed by atoms with Crippen LogP contribution in [0.3, 0.4) is 0 Å². The number of nitrogens with one attached hydrogen (secondary N) is 1. The third-order valence-corrected chi connectivity index (χ3v) is 3.01. The molecule has 0 spiro atoms. The van der Waals surface area contributed by atoms with E-state index in [1.165, 1.54) is 4.90 Å². The van der Waals surface area contributed by atoms with E-state index in [-0.39, 0.29) is 12.6 Å². The second kappa shape index (κ2) is 5.07. The number of carboxylic acids is 1. The molecular formula is C11H16N4O3. The van der Waals surface area contributed by atoms with Crippen LogP contribution in [0.5, 0.6) is 0 Å². The first-order valence-electron chi connectivity index (χ1n) is 5.84. The Hall–Kier alpha value is -2.05. The fraction of sp³-hybridized carbons (Fsp3) is 0.545. The lowest BCUT2D eigenvalue weighted by atomic mass is 9.99. The number of rotatable bonds is 2. The summed E-state index contributed by atoms with van der Waals surface area (Å²) in [6.45, 7) is 0.844. The van der Waals surface area contributed by atoms with Crippen molar-refractivity contribution in [3.63, 3.8) is 0 Å². The summed E-state index contributed by atoms with van der Waals surface area (Å²) in [6, 6.07) is 1.40. The molecule has 18 heavy (non-hydrogen) atoms. The standard InChI is InChI=1S/C11H16N4O3/c1-14-6-4-9(13-14)12-11(18)15-5-2-3-8(7-15)10(16)17/h4,6,8H,2-3,5,7H2,1H3,(H,16,17)(H,12,13,18)/t8-/m1/s1. The Labute approximate surface area is 104 Å². The van der Waals surface area contributed by atoms with E-state index in [2.05, 4.69) is 10.4 Å². The smallest absolute Gasteiger partial charge is 0.323 e. The molecule has 0 unspecified atom stereocenters. The number of aryl methyl sites for hydroxylation is 1. The lowest BCUT2D eigenvalue weighted by Crippen LogP contribution is -2.44. The van der Waals surface area contributed by atoms with E-state index in [1.807, 2.05) is 0 Å². The molecule has 1 aliphatic rings. The van der Waals surface area contributed by atoms with Crippen molar-refractivity contribution in [2.24, 2.45) is 13.0 Å². The molecule has 1 aromatic heterocycles. The van der Waals surface area contributed by atoms with Gasteiger partial charge in [-0.1, -0.05) is 0 Å². The Kier molecular flexibility index (Phi) is 3.50. The zero-order valence-corrected chi connectivity index (χ0v) is 10.2. The average Bonchev–Trinajstić information content (AvgIpc) is 2.75. The fourth-order valence-corrected chi connectivity index (χ4v) is 2.03. The third kappa shape index (κ3) is 2.79. The van der Waals surface area contributed by atoms with Gasteiger partial charge in [0.2, 0.25) is 0 Å². The molecule has 0 aromatic carbocycles. The topological polar surface area (TPSA) is 87.5 Å². The van der Waals surface area contributed by atoms with Crippen molar-refractivity contribution < 1.29 is 14.7 Å². The van der Waals surface area contributed by atoms with E-state index in [0.29, 0.717) is 25.2 Å². The van der Waals surface area contributed by atoms with Gasteiger partial charge in [-0.05, 0) is 12.8 Å². The minimum absolute atomic E-state index is 0.258. The summed E-state index contributed by atoms with van der Waals surface area (Å²) in [5, 5.41) is 15.7. The number of hydrogen-bond acceptors (Lipinski definition) is 3. The Balaban J connectivity index is 1.94.